The maximum Gasteiger partial charge on any atom is 0.338 e. The second kappa shape index (κ2) is 10.3. The first kappa shape index (κ1) is 23.1. The van der Waals surface area contributed by atoms with Gasteiger partial charge in [0, 0.05) is 22.8 Å². The second-order valence-corrected chi connectivity index (χ2v) is 8.64. The number of hydrogen-bond acceptors (Lipinski definition) is 6. The molecule has 0 saturated carbocycles. The fraction of sp³-hybridized carbons (Fsp3) is 0.240. The molecule has 0 spiro atoms. The number of aliphatic imine (C=N–C) groups is 1. The number of thioether (sulfide) groups is 1. The Labute approximate surface area is 202 Å². The summed E-state index contributed by atoms with van der Waals surface area (Å²) in [5.74, 6) is -0.558. The number of ether oxygens (including phenoxy) is 1. The Kier molecular flexibility index (Phi) is 7.20. The first-order valence-electron chi connectivity index (χ1n) is 10.8. The maximum atomic E-state index is 13.4. The lowest BCUT2D eigenvalue weighted by molar-refractivity contribution is -0.139. The van der Waals surface area contributed by atoms with Gasteiger partial charge in [0.05, 0.1) is 30.3 Å². The predicted molar refractivity (Wildman–Crippen MR) is 132 cm³/mol. The van der Waals surface area contributed by atoms with Gasteiger partial charge in [-0.25, -0.2) is 9.79 Å². The number of carbonyl (C=O) groups excluding carboxylic acids is 2. The van der Waals surface area contributed by atoms with Gasteiger partial charge in [-0.3, -0.25) is 4.79 Å². The minimum atomic E-state index is -0.587. The molecule has 0 aromatic heterocycles. The van der Waals surface area contributed by atoms with Gasteiger partial charge in [0.1, 0.15) is 0 Å². The zero-order chi connectivity index (χ0) is 23.4. The molecule has 0 radical (unpaired) electrons. The van der Waals surface area contributed by atoms with Gasteiger partial charge in [-0.1, -0.05) is 71.9 Å². The molecule has 4 rings (SSSR count). The Hall–Kier alpha value is -3.03. The number of halogens is 1. The molecule has 0 aliphatic carbocycles. The lowest BCUT2D eigenvalue weighted by Gasteiger charge is -2.37. The van der Waals surface area contributed by atoms with Crippen molar-refractivity contribution in [3.63, 3.8) is 0 Å². The van der Waals surface area contributed by atoms with Crippen LogP contribution in [0.15, 0.2) is 76.3 Å². The van der Waals surface area contributed by atoms with E-state index in [2.05, 4.69) is 5.32 Å². The Morgan fingerprint density at radius 2 is 1.85 bits per heavy atom. The lowest BCUT2D eigenvalue weighted by atomic mass is 9.91. The monoisotopic (exact) mass is 481 g/mol. The summed E-state index contributed by atoms with van der Waals surface area (Å²) >= 11 is 8.07. The number of amides is 1. The topological polar surface area (TPSA) is 71.0 Å². The highest BCUT2D eigenvalue weighted by Gasteiger charge is 2.42. The molecule has 1 amide bonds. The van der Waals surface area contributed by atoms with Gasteiger partial charge in [-0.15, -0.1) is 0 Å². The van der Waals surface area contributed by atoms with Crippen molar-refractivity contribution in [1.29, 1.82) is 0 Å². The molecule has 0 saturated heterocycles. The zero-order valence-corrected chi connectivity index (χ0v) is 19.9. The van der Waals surface area contributed by atoms with Crippen LogP contribution < -0.4 is 5.32 Å². The summed E-state index contributed by atoms with van der Waals surface area (Å²) in [5.41, 5.74) is 3.24. The summed E-state index contributed by atoms with van der Waals surface area (Å²) in [6.07, 6.45) is 0.164. The van der Waals surface area contributed by atoms with Crippen molar-refractivity contribution in [2.45, 2.75) is 26.3 Å². The summed E-state index contributed by atoms with van der Waals surface area (Å²) in [6, 6.07) is 16.4. The first-order chi connectivity index (χ1) is 16.0. The van der Waals surface area contributed by atoms with Crippen LogP contribution in [0.1, 0.15) is 37.4 Å². The molecule has 2 heterocycles. The summed E-state index contributed by atoms with van der Waals surface area (Å²) in [5, 5.41) is 5.96. The van der Waals surface area contributed by atoms with Gasteiger partial charge >= 0.3 is 5.97 Å². The molecule has 6 nitrogen and oxygen atoms in total. The number of esters is 1. The number of hydrogen-bond donors (Lipinski definition) is 1. The number of amidine groups is 1. The Balaban J connectivity index is 1.91. The summed E-state index contributed by atoms with van der Waals surface area (Å²) < 4.78 is 5.49. The van der Waals surface area contributed by atoms with Crippen LogP contribution in [0.25, 0.3) is 5.70 Å². The maximum absolute atomic E-state index is 13.4. The van der Waals surface area contributed by atoms with Crippen LogP contribution in [0.3, 0.4) is 0 Å². The van der Waals surface area contributed by atoms with Gasteiger partial charge < -0.3 is 15.0 Å². The normalized spacial score (nSPS) is 17.3. The molecule has 33 heavy (non-hydrogen) atoms. The van der Waals surface area contributed by atoms with E-state index in [4.69, 9.17) is 21.3 Å². The highest BCUT2D eigenvalue weighted by molar-refractivity contribution is 8.16. The molecule has 0 unspecified atom stereocenters. The third-order valence-corrected chi connectivity index (χ3v) is 6.50. The molecular formula is C25H24ClN3O3S. The van der Waals surface area contributed by atoms with Crippen LogP contribution in [-0.2, 0) is 14.3 Å². The Bertz CT molecular complexity index is 1160. The molecule has 170 valence electrons. The zero-order valence-electron chi connectivity index (χ0n) is 18.4. The number of nitrogens with one attached hydrogen (secondary N) is 1. The lowest BCUT2D eigenvalue weighted by Crippen LogP contribution is -2.38. The number of benzene rings is 2. The van der Waals surface area contributed by atoms with Crippen molar-refractivity contribution in [3.05, 3.63) is 87.4 Å². The molecule has 2 aromatic carbocycles. The fourth-order valence-corrected chi connectivity index (χ4v) is 5.06. The third kappa shape index (κ3) is 4.70. The molecule has 2 aromatic rings. The van der Waals surface area contributed by atoms with E-state index in [1.54, 1.807) is 13.0 Å². The largest absolute Gasteiger partial charge is 0.463 e. The highest BCUT2D eigenvalue weighted by Crippen LogP contribution is 2.48. The van der Waals surface area contributed by atoms with Gasteiger partial charge in [0.15, 0.2) is 5.17 Å². The second-order valence-electron chi connectivity index (χ2n) is 7.39. The summed E-state index contributed by atoms with van der Waals surface area (Å²) in [4.78, 5) is 32.6. The molecule has 2 aliphatic heterocycles. The molecule has 0 fully saturated rings. The first-order valence-corrected chi connectivity index (χ1v) is 12.0. The number of nitrogens with zero attached hydrogens (tertiary/aromatic N) is 2. The van der Waals surface area contributed by atoms with Crippen molar-refractivity contribution < 1.29 is 14.3 Å². The van der Waals surface area contributed by atoms with Crippen LogP contribution in [0.2, 0.25) is 5.02 Å². The van der Waals surface area contributed by atoms with Crippen LogP contribution >= 0.6 is 23.4 Å². The Morgan fingerprint density at radius 3 is 2.55 bits per heavy atom. The molecule has 0 bridgehead atoms. The van der Waals surface area contributed by atoms with E-state index in [-0.39, 0.29) is 18.9 Å². The fourth-order valence-electron chi connectivity index (χ4n) is 3.90. The van der Waals surface area contributed by atoms with E-state index >= 15 is 0 Å². The molecule has 8 heteroatoms. The minimum absolute atomic E-state index is 0.0981. The van der Waals surface area contributed by atoms with Crippen molar-refractivity contribution in [2.24, 2.45) is 4.99 Å². The SMILES string of the molecule is CCNC(=O)CC1=CSC2=NC(c3ccccc3)=C(C(=O)OCC)[C@H](c3ccccc3Cl)N12. The van der Waals surface area contributed by atoms with E-state index < -0.39 is 12.0 Å². The van der Waals surface area contributed by atoms with Gasteiger partial charge in [0.25, 0.3) is 0 Å². The van der Waals surface area contributed by atoms with Crippen molar-refractivity contribution in [1.82, 2.24) is 10.2 Å². The van der Waals surface area contributed by atoms with Gasteiger partial charge in [-0.2, -0.15) is 0 Å². The van der Waals surface area contributed by atoms with Gasteiger partial charge in [0.2, 0.25) is 5.91 Å². The van der Waals surface area contributed by atoms with E-state index in [0.717, 1.165) is 16.8 Å². The number of rotatable bonds is 7. The van der Waals surface area contributed by atoms with E-state index in [0.29, 0.717) is 28.0 Å². The van der Waals surface area contributed by atoms with Crippen molar-refractivity contribution in [2.75, 3.05) is 13.2 Å². The van der Waals surface area contributed by atoms with Crippen molar-refractivity contribution in [3.8, 4) is 0 Å². The van der Waals surface area contributed by atoms with Crippen LogP contribution in [-0.4, -0.2) is 35.1 Å². The smallest absolute Gasteiger partial charge is 0.338 e. The van der Waals surface area contributed by atoms with Crippen LogP contribution in [0, 0.1) is 0 Å². The van der Waals surface area contributed by atoms with E-state index in [1.807, 2.05) is 65.8 Å². The summed E-state index contributed by atoms with van der Waals surface area (Å²) in [7, 11) is 0. The van der Waals surface area contributed by atoms with Crippen molar-refractivity contribution >= 4 is 46.1 Å². The van der Waals surface area contributed by atoms with Gasteiger partial charge in [-0.05, 0) is 30.9 Å². The third-order valence-electron chi connectivity index (χ3n) is 5.27. The van der Waals surface area contributed by atoms with Crippen LogP contribution in [0.4, 0.5) is 0 Å². The predicted octanol–water partition coefficient (Wildman–Crippen LogP) is 5.14. The standard InChI is InChI=1S/C25H24ClN3O3S/c1-3-27-20(30)14-17-15-33-25-28-22(16-10-6-5-7-11-16)21(24(31)32-4-2)23(29(17)25)18-12-8-9-13-19(18)26/h5-13,15,23H,3-4,14H2,1-2H3,(H,27,30)/t23-/m0/s1. The average molecular weight is 482 g/mol. The van der Waals surface area contributed by atoms with E-state index in [1.165, 1.54) is 11.8 Å². The quantitative estimate of drug-likeness (QED) is 0.554. The molecule has 1 N–H and O–H groups in total. The average Bonchev–Trinajstić information content (AvgIpc) is 3.21. The highest BCUT2D eigenvalue weighted by atomic mass is 35.5. The molecule has 1 atom stereocenters. The van der Waals surface area contributed by atoms with Crippen LogP contribution in [0.5, 0.6) is 0 Å². The number of fused-ring (bicyclic) bond motifs is 1. The summed E-state index contributed by atoms with van der Waals surface area (Å²) in [6.45, 7) is 4.42. The van der Waals surface area contributed by atoms with E-state index in [9.17, 15) is 9.59 Å². The Morgan fingerprint density at radius 1 is 1.12 bits per heavy atom. The molecule has 2 aliphatic rings. The number of carbonyl (C=O) groups is 2. The molecular weight excluding hydrogens is 458 g/mol. The minimum Gasteiger partial charge on any atom is -0.463 e.